The Balaban J connectivity index is 0.00000312. The highest BCUT2D eigenvalue weighted by Gasteiger charge is 2.35. The first-order chi connectivity index (χ1) is 11.4. The molecule has 0 saturated carbocycles. The number of piperidine rings is 1. The van der Waals surface area contributed by atoms with Crippen molar-refractivity contribution in [2.24, 2.45) is 5.92 Å². The molecule has 2 heterocycles. The van der Waals surface area contributed by atoms with Crippen molar-refractivity contribution in [3.63, 3.8) is 0 Å². The molecule has 8 nitrogen and oxygen atoms in total. The molecule has 1 unspecified atom stereocenters. The molecule has 2 rings (SSSR count). The first-order valence-electron chi connectivity index (χ1n) is 8.38. The van der Waals surface area contributed by atoms with E-state index in [2.05, 4.69) is 20.8 Å². The lowest BCUT2D eigenvalue weighted by Crippen LogP contribution is -2.46. The lowest BCUT2D eigenvalue weighted by molar-refractivity contribution is -0.126. The average Bonchev–Trinajstić information content (AvgIpc) is 2.91. The molecule has 1 fully saturated rings. The smallest absolute Gasteiger partial charge is 0.246 e. The Morgan fingerprint density at radius 3 is 2.68 bits per heavy atom. The zero-order chi connectivity index (χ0) is 17.7. The van der Waals surface area contributed by atoms with E-state index in [0.717, 1.165) is 6.54 Å². The van der Waals surface area contributed by atoms with Gasteiger partial charge in [0.25, 0.3) is 0 Å². The van der Waals surface area contributed by atoms with Crippen molar-refractivity contribution in [2.75, 3.05) is 32.7 Å². The summed E-state index contributed by atoms with van der Waals surface area (Å²) in [5.41, 5.74) is 0.995. The van der Waals surface area contributed by atoms with E-state index in [9.17, 15) is 13.2 Å². The molecule has 1 amide bonds. The Hall–Kier alpha value is -1.16. The second kappa shape index (κ2) is 9.51. The van der Waals surface area contributed by atoms with Gasteiger partial charge < -0.3 is 10.6 Å². The van der Waals surface area contributed by atoms with Gasteiger partial charge in [-0.3, -0.25) is 9.89 Å². The molecule has 0 radical (unpaired) electrons. The Morgan fingerprint density at radius 2 is 2.08 bits per heavy atom. The van der Waals surface area contributed by atoms with Crippen LogP contribution >= 0.6 is 12.4 Å². The molecule has 1 saturated heterocycles. The van der Waals surface area contributed by atoms with E-state index in [-0.39, 0.29) is 35.7 Å². The summed E-state index contributed by atoms with van der Waals surface area (Å²) in [6.07, 6.45) is 1.39. The number of H-pyrrole nitrogens is 1. The average molecular weight is 394 g/mol. The molecule has 0 spiro atoms. The maximum absolute atomic E-state index is 12.9. The fourth-order valence-electron chi connectivity index (χ4n) is 3.02. The largest absolute Gasteiger partial charge is 0.355 e. The van der Waals surface area contributed by atoms with Crippen molar-refractivity contribution >= 4 is 28.3 Å². The first-order valence-corrected chi connectivity index (χ1v) is 9.82. The molecule has 3 N–H and O–H groups in total. The Morgan fingerprint density at radius 1 is 1.36 bits per heavy atom. The molecule has 0 bridgehead atoms. The third-order valence-electron chi connectivity index (χ3n) is 4.26. The van der Waals surface area contributed by atoms with Crippen LogP contribution in [0.1, 0.15) is 31.2 Å². The molecule has 1 aromatic heterocycles. The summed E-state index contributed by atoms with van der Waals surface area (Å²) in [5.74, 6) is -0.379. The summed E-state index contributed by atoms with van der Waals surface area (Å²) in [6, 6.07) is 0. The highest BCUT2D eigenvalue weighted by atomic mass is 35.5. The predicted octanol–water partition coefficient (Wildman–Crippen LogP) is 0.575. The number of halogens is 1. The van der Waals surface area contributed by atoms with Gasteiger partial charge in [0.2, 0.25) is 15.9 Å². The van der Waals surface area contributed by atoms with Crippen LogP contribution in [0.15, 0.2) is 4.90 Å². The molecule has 1 atom stereocenters. The highest BCUT2D eigenvalue weighted by Crippen LogP contribution is 2.26. The van der Waals surface area contributed by atoms with Gasteiger partial charge in [0.1, 0.15) is 4.90 Å². The van der Waals surface area contributed by atoms with Gasteiger partial charge in [-0.1, -0.05) is 6.92 Å². The maximum atomic E-state index is 12.9. The van der Waals surface area contributed by atoms with Crippen LogP contribution in [0.25, 0.3) is 0 Å². The highest BCUT2D eigenvalue weighted by molar-refractivity contribution is 7.89. The van der Waals surface area contributed by atoms with E-state index in [0.29, 0.717) is 43.9 Å². The number of aromatic nitrogens is 2. The summed E-state index contributed by atoms with van der Waals surface area (Å²) in [6.45, 7) is 8.15. The number of rotatable bonds is 7. The van der Waals surface area contributed by atoms with Crippen LogP contribution in [0, 0.1) is 19.8 Å². The van der Waals surface area contributed by atoms with Crippen LogP contribution in [0.3, 0.4) is 0 Å². The number of likely N-dealkylation sites (N-methyl/N-ethyl adjacent to an activating group) is 1. The molecule has 0 aromatic carbocycles. The molecular weight excluding hydrogens is 366 g/mol. The number of nitrogens with zero attached hydrogens (tertiary/aromatic N) is 2. The minimum atomic E-state index is -3.63. The number of carbonyl (C=O) groups excluding carboxylic acids is 1. The van der Waals surface area contributed by atoms with Gasteiger partial charge in [0.15, 0.2) is 0 Å². The van der Waals surface area contributed by atoms with Crippen molar-refractivity contribution in [1.82, 2.24) is 25.1 Å². The quantitative estimate of drug-likeness (QED) is 0.587. The van der Waals surface area contributed by atoms with Crippen LogP contribution in [-0.2, 0) is 14.8 Å². The number of carbonyl (C=O) groups is 1. The van der Waals surface area contributed by atoms with Gasteiger partial charge in [-0.25, -0.2) is 8.42 Å². The zero-order valence-electron chi connectivity index (χ0n) is 15.0. The molecule has 1 aromatic rings. The summed E-state index contributed by atoms with van der Waals surface area (Å²) < 4.78 is 27.2. The van der Waals surface area contributed by atoms with E-state index in [1.807, 2.05) is 6.92 Å². The molecular formula is C15H28ClN5O3S. The third kappa shape index (κ3) is 5.16. The molecule has 0 aliphatic carbocycles. The molecule has 25 heavy (non-hydrogen) atoms. The fraction of sp³-hybridized carbons (Fsp3) is 0.733. The molecule has 144 valence electrons. The van der Waals surface area contributed by atoms with Crippen molar-refractivity contribution in [1.29, 1.82) is 0 Å². The second-order valence-electron chi connectivity index (χ2n) is 6.11. The van der Waals surface area contributed by atoms with Crippen LogP contribution in [-0.4, -0.2) is 61.6 Å². The van der Waals surface area contributed by atoms with Gasteiger partial charge in [0.05, 0.1) is 17.3 Å². The van der Waals surface area contributed by atoms with E-state index >= 15 is 0 Å². The van der Waals surface area contributed by atoms with Crippen LogP contribution < -0.4 is 10.6 Å². The van der Waals surface area contributed by atoms with Gasteiger partial charge in [-0.2, -0.15) is 9.40 Å². The minimum Gasteiger partial charge on any atom is -0.355 e. The lowest BCUT2D eigenvalue weighted by Gasteiger charge is -2.31. The third-order valence-corrected chi connectivity index (χ3v) is 6.39. The van der Waals surface area contributed by atoms with Gasteiger partial charge in [-0.15, -0.1) is 12.4 Å². The van der Waals surface area contributed by atoms with E-state index in [4.69, 9.17) is 0 Å². The molecule has 1 aliphatic rings. The number of nitrogens with one attached hydrogen (secondary N) is 3. The SMILES string of the molecule is CCNCCNC(=O)C1CCCN(S(=O)(=O)c2c(C)n[nH]c2C)C1.Cl. The van der Waals surface area contributed by atoms with E-state index in [1.54, 1.807) is 13.8 Å². The summed E-state index contributed by atoms with van der Waals surface area (Å²) in [7, 11) is -3.63. The normalized spacial score (nSPS) is 18.6. The van der Waals surface area contributed by atoms with Crippen molar-refractivity contribution in [3.8, 4) is 0 Å². The van der Waals surface area contributed by atoms with Crippen molar-refractivity contribution in [2.45, 2.75) is 38.5 Å². The summed E-state index contributed by atoms with van der Waals surface area (Å²) >= 11 is 0. The Bertz CT molecular complexity index is 657. The van der Waals surface area contributed by atoms with Crippen LogP contribution in [0.2, 0.25) is 0 Å². The first kappa shape index (κ1) is 21.9. The second-order valence-corrected chi connectivity index (χ2v) is 7.98. The lowest BCUT2D eigenvalue weighted by atomic mass is 9.99. The van der Waals surface area contributed by atoms with Crippen molar-refractivity contribution < 1.29 is 13.2 Å². The van der Waals surface area contributed by atoms with E-state index < -0.39 is 10.0 Å². The monoisotopic (exact) mass is 393 g/mol. The predicted molar refractivity (Wildman–Crippen MR) is 98.3 cm³/mol. The van der Waals surface area contributed by atoms with Gasteiger partial charge in [0, 0.05) is 26.2 Å². The topological polar surface area (TPSA) is 107 Å². The van der Waals surface area contributed by atoms with Gasteiger partial charge >= 0.3 is 0 Å². The zero-order valence-corrected chi connectivity index (χ0v) is 16.6. The van der Waals surface area contributed by atoms with Crippen LogP contribution in [0.5, 0.6) is 0 Å². The Kier molecular flexibility index (Phi) is 8.33. The number of hydrogen-bond acceptors (Lipinski definition) is 5. The number of sulfonamides is 1. The van der Waals surface area contributed by atoms with E-state index in [1.165, 1.54) is 4.31 Å². The number of amides is 1. The fourth-order valence-corrected chi connectivity index (χ4v) is 4.88. The number of aromatic amines is 1. The molecule has 10 heteroatoms. The van der Waals surface area contributed by atoms with Crippen LogP contribution in [0.4, 0.5) is 0 Å². The molecule has 1 aliphatic heterocycles. The standard InChI is InChI=1S/C15H27N5O3S.ClH/c1-4-16-7-8-17-15(21)13-6-5-9-20(10-13)24(22,23)14-11(2)18-19-12(14)3;/h13,16H,4-10H2,1-3H3,(H,17,21)(H,18,19);1H. The van der Waals surface area contributed by atoms with Crippen molar-refractivity contribution in [3.05, 3.63) is 11.4 Å². The van der Waals surface area contributed by atoms with Gasteiger partial charge in [-0.05, 0) is 33.2 Å². The number of hydrogen-bond donors (Lipinski definition) is 3. The summed E-state index contributed by atoms with van der Waals surface area (Å²) in [5, 5.41) is 12.7. The maximum Gasteiger partial charge on any atom is 0.246 e. The number of aryl methyl sites for hydroxylation is 2. The minimum absolute atomic E-state index is 0. The Labute approximate surface area is 155 Å². The summed E-state index contributed by atoms with van der Waals surface area (Å²) in [4.78, 5) is 12.5.